The van der Waals surface area contributed by atoms with Crippen LogP contribution in [0.2, 0.25) is 0 Å². The minimum Gasteiger partial charge on any atom is -0.377 e. The van der Waals surface area contributed by atoms with Crippen molar-refractivity contribution in [1.82, 2.24) is 10.3 Å². The summed E-state index contributed by atoms with van der Waals surface area (Å²) >= 11 is 0. The summed E-state index contributed by atoms with van der Waals surface area (Å²) < 4.78 is 5.28. The Morgan fingerprint density at radius 3 is 3.11 bits per heavy atom. The zero-order valence-electron chi connectivity index (χ0n) is 10.4. The Kier molecular flexibility index (Phi) is 4.11. The lowest BCUT2D eigenvalue weighted by molar-refractivity contribution is -0.121. The number of nitrogens with two attached hydrogens (primary N) is 1. The monoisotopic (exact) mass is 250 g/mol. The SMILES string of the molecule is CNCc1ccc(N2CCOCC2C(N)=O)nc1. The Morgan fingerprint density at radius 1 is 1.67 bits per heavy atom. The molecule has 6 nitrogen and oxygen atoms in total. The van der Waals surface area contributed by atoms with E-state index in [1.54, 1.807) is 6.20 Å². The lowest BCUT2D eigenvalue weighted by Crippen LogP contribution is -2.53. The molecule has 1 aliphatic rings. The van der Waals surface area contributed by atoms with Crippen LogP contribution in [0.3, 0.4) is 0 Å². The maximum atomic E-state index is 11.4. The third kappa shape index (κ3) is 2.77. The second-order valence-electron chi connectivity index (χ2n) is 4.24. The van der Waals surface area contributed by atoms with E-state index >= 15 is 0 Å². The van der Waals surface area contributed by atoms with Crippen LogP contribution in [0.25, 0.3) is 0 Å². The molecule has 6 heteroatoms. The number of rotatable bonds is 4. The van der Waals surface area contributed by atoms with Gasteiger partial charge in [-0.3, -0.25) is 4.79 Å². The van der Waals surface area contributed by atoms with Gasteiger partial charge in [0.15, 0.2) is 0 Å². The smallest absolute Gasteiger partial charge is 0.242 e. The van der Waals surface area contributed by atoms with Crippen LogP contribution in [0.5, 0.6) is 0 Å². The quantitative estimate of drug-likeness (QED) is 0.752. The van der Waals surface area contributed by atoms with Crippen molar-refractivity contribution in [3.8, 4) is 0 Å². The molecule has 1 fully saturated rings. The van der Waals surface area contributed by atoms with E-state index in [1.165, 1.54) is 0 Å². The number of pyridine rings is 1. The molecule has 2 heterocycles. The number of morpholine rings is 1. The van der Waals surface area contributed by atoms with Crippen molar-refractivity contribution < 1.29 is 9.53 Å². The van der Waals surface area contributed by atoms with Crippen LogP contribution in [0, 0.1) is 0 Å². The lowest BCUT2D eigenvalue weighted by atomic mass is 10.2. The number of aromatic nitrogens is 1. The summed E-state index contributed by atoms with van der Waals surface area (Å²) in [6.07, 6.45) is 1.80. The number of nitrogens with one attached hydrogen (secondary N) is 1. The number of anilines is 1. The van der Waals surface area contributed by atoms with Crippen molar-refractivity contribution in [1.29, 1.82) is 0 Å². The largest absolute Gasteiger partial charge is 0.377 e. The van der Waals surface area contributed by atoms with Gasteiger partial charge in [-0.1, -0.05) is 6.07 Å². The van der Waals surface area contributed by atoms with Crippen molar-refractivity contribution in [2.75, 3.05) is 31.7 Å². The molecule has 0 spiro atoms. The Labute approximate surface area is 106 Å². The van der Waals surface area contributed by atoms with Crippen molar-refractivity contribution in [3.63, 3.8) is 0 Å². The molecule has 0 aromatic carbocycles. The third-order valence-corrected chi connectivity index (χ3v) is 2.94. The van der Waals surface area contributed by atoms with Crippen LogP contribution < -0.4 is 16.0 Å². The van der Waals surface area contributed by atoms with Crippen molar-refractivity contribution in [3.05, 3.63) is 23.9 Å². The van der Waals surface area contributed by atoms with Crippen LogP contribution in [0.4, 0.5) is 5.82 Å². The summed E-state index contributed by atoms with van der Waals surface area (Å²) in [4.78, 5) is 17.6. The van der Waals surface area contributed by atoms with Crippen LogP contribution in [0.1, 0.15) is 5.56 Å². The first-order chi connectivity index (χ1) is 8.72. The van der Waals surface area contributed by atoms with Crippen LogP contribution in [-0.4, -0.2) is 43.7 Å². The van der Waals surface area contributed by atoms with Crippen molar-refractivity contribution >= 4 is 11.7 Å². The van der Waals surface area contributed by atoms with Gasteiger partial charge < -0.3 is 20.7 Å². The fourth-order valence-electron chi connectivity index (χ4n) is 2.01. The fourth-order valence-corrected chi connectivity index (χ4v) is 2.01. The van der Waals surface area contributed by atoms with E-state index in [1.807, 2.05) is 24.1 Å². The molecule has 0 radical (unpaired) electrons. The number of carbonyl (C=O) groups excluding carboxylic acids is 1. The minimum absolute atomic E-state index is 0.329. The standard InChI is InChI=1S/C12H18N4O2/c1-14-6-9-2-3-11(15-7-9)16-4-5-18-8-10(16)12(13)17/h2-3,7,10,14H,4-6,8H2,1H3,(H2,13,17). The highest BCUT2D eigenvalue weighted by Crippen LogP contribution is 2.17. The van der Waals surface area contributed by atoms with E-state index in [-0.39, 0.29) is 5.91 Å². The number of hydrogen-bond donors (Lipinski definition) is 2. The van der Waals surface area contributed by atoms with Gasteiger partial charge in [-0.25, -0.2) is 4.98 Å². The zero-order chi connectivity index (χ0) is 13.0. The first kappa shape index (κ1) is 12.8. The third-order valence-electron chi connectivity index (χ3n) is 2.94. The highest BCUT2D eigenvalue weighted by Gasteiger charge is 2.28. The molecular formula is C12H18N4O2. The van der Waals surface area contributed by atoms with Gasteiger partial charge in [0.1, 0.15) is 11.9 Å². The molecular weight excluding hydrogens is 232 g/mol. The molecule has 0 bridgehead atoms. The highest BCUT2D eigenvalue weighted by molar-refractivity contribution is 5.83. The van der Waals surface area contributed by atoms with E-state index in [9.17, 15) is 4.79 Å². The number of primary amides is 1. The number of nitrogens with zero attached hydrogens (tertiary/aromatic N) is 2. The molecule has 1 atom stereocenters. The highest BCUT2D eigenvalue weighted by atomic mass is 16.5. The maximum Gasteiger partial charge on any atom is 0.242 e. The number of hydrogen-bond acceptors (Lipinski definition) is 5. The van der Waals surface area contributed by atoms with Crippen LogP contribution in [0.15, 0.2) is 18.3 Å². The Morgan fingerprint density at radius 2 is 2.50 bits per heavy atom. The molecule has 18 heavy (non-hydrogen) atoms. The second kappa shape index (κ2) is 5.79. The number of amides is 1. The molecule has 0 aliphatic carbocycles. The molecule has 1 aromatic heterocycles. The Hall–Kier alpha value is -1.66. The second-order valence-corrected chi connectivity index (χ2v) is 4.24. The predicted molar refractivity (Wildman–Crippen MR) is 68.1 cm³/mol. The summed E-state index contributed by atoms with van der Waals surface area (Å²) in [7, 11) is 1.89. The molecule has 1 unspecified atom stereocenters. The Balaban J connectivity index is 2.15. The molecule has 98 valence electrons. The summed E-state index contributed by atoms with van der Waals surface area (Å²) in [6, 6.07) is 3.47. The summed E-state index contributed by atoms with van der Waals surface area (Å²) in [5.74, 6) is 0.387. The fraction of sp³-hybridized carbons (Fsp3) is 0.500. The van der Waals surface area contributed by atoms with Gasteiger partial charge in [-0.2, -0.15) is 0 Å². The average Bonchev–Trinajstić information content (AvgIpc) is 2.40. The van der Waals surface area contributed by atoms with Crippen LogP contribution in [-0.2, 0) is 16.1 Å². The summed E-state index contributed by atoms with van der Waals surface area (Å²) in [5.41, 5.74) is 6.48. The molecule has 1 aromatic rings. The number of ether oxygens (including phenoxy) is 1. The first-order valence-electron chi connectivity index (χ1n) is 5.95. The minimum atomic E-state index is -0.429. The van der Waals surface area contributed by atoms with E-state index in [0.717, 1.165) is 17.9 Å². The molecule has 1 aliphatic heterocycles. The maximum absolute atomic E-state index is 11.4. The first-order valence-corrected chi connectivity index (χ1v) is 5.95. The lowest BCUT2D eigenvalue weighted by Gasteiger charge is -2.34. The van der Waals surface area contributed by atoms with E-state index in [4.69, 9.17) is 10.5 Å². The normalized spacial score (nSPS) is 19.8. The summed E-state index contributed by atoms with van der Waals surface area (Å²) in [5, 5.41) is 3.06. The molecule has 1 saturated heterocycles. The van der Waals surface area contributed by atoms with E-state index < -0.39 is 6.04 Å². The van der Waals surface area contributed by atoms with Gasteiger partial charge >= 0.3 is 0 Å². The van der Waals surface area contributed by atoms with Crippen LogP contribution >= 0.6 is 0 Å². The summed E-state index contributed by atoms with van der Waals surface area (Å²) in [6.45, 7) is 2.32. The van der Waals surface area contributed by atoms with Crippen molar-refractivity contribution in [2.45, 2.75) is 12.6 Å². The zero-order valence-corrected chi connectivity index (χ0v) is 10.4. The molecule has 0 saturated carbocycles. The van der Waals surface area contributed by atoms with E-state index in [2.05, 4.69) is 10.3 Å². The topological polar surface area (TPSA) is 80.5 Å². The van der Waals surface area contributed by atoms with Gasteiger partial charge in [0.05, 0.1) is 13.2 Å². The van der Waals surface area contributed by atoms with E-state index in [0.29, 0.717) is 19.8 Å². The Bertz CT molecular complexity index is 407. The molecule has 2 rings (SSSR count). The molecule has 3 N–H and O–H groups in total. The average molecular weight is 250 g/mol. The molecule has 1 amide bonds. The van der Waals surface area contributed by atoms with Gasteiger partial charge in [0, 0.05) is 19.3 Å². The van der Waals surface area contributed by atoms with Gasteiger partial charge in [0.25, 0.3) is 0 Å². The van der Waals surface area contributed by atoms with Gasteiger partial charge in [-0.15, -0.1) is 0 Å². The van der Waals surface area contributed by atoms with Gasteiger partial charge in [-0.05, 0) is 18.7 Å². The number of carbonyl (C=O) groups is 1. The predicted octanol–water partition coefficient (Wildman–Crippen LogP) is -0.508. The van der Waals surface area contributed by atoms with Gasteiger partial charge in [0.2, 0.25) is 5.91 Å². The van der Waals surface area contributed by atoms with Crippen molar-refractivity contribution in [2.24, 2.45) is 5.73 Å².